The van der Waals surface area contributed by atoms with Gasteiger partial charge in [0.1, 0.15) is 0 Å². The van der Waals surface area contributed by atoms with Crippen LogP contribution in [-0.4, -0.2) is 34.8 Å². The summed E-state index contributed by atoms with van der Waals surface area (Å²) in [5, 5.41) is 4.62. The van der Waals surface area contributed by atoms with Gasteiger partial charge in [-0.05, 0) is 49.2 Å². The Hall–Kier alpha value is -2.79. The van der Waals surface area contributed by atoms with Crippen molar-refractivity contribution < 1.29 is 9.59 Å². The summed E-state index contributed by atoms with van der Waals surface area (Å²) in [6.07, 6.45) is 3.02. The number of amides is 2. The predicted octanol–water partition coefficient (Wildman–Crippen LogP) is 4.16. The van der Waals surface area contributed by atoms with Crippen LogP contribution in [0, 0.1) is 12.8 Å². The van der Waals surface area contributed by atoms with Crippen LogP contribution in [0.5, 0.6) is 0 Å². The maximum absolute atomic E-state index is 12.5. The summed E-state index contributed by atoms with van der Waals surface area (Å²) in [7, 11) is 0. The lowest BCUT2D eigenvalue weighted by molar-refractivity contribution is -0.128. The first-order valence-electron chi connectivity index (χ1n) is 9.40. The lowest BCUT2D eigenvalue weighted by atomic mass is 10.1. The summed E-state index contributed by atoms with van der Waals surface area (Å²) in [4.78, 5) is 30.0. The van der Waals surface area contributed by atoms with E-state index in [9.17, 15) is 9.59 Å². The van der Waals surface area contributed by atoms with Gasteiger partial charge in [0.15, 0.2) is 0 Å². The zero-order valence-electron chi connectivity index (χ0n) is 15.7. The molecule has 5 nitrogen and oxygen atoms in total. The average molecular weight is 396 g/mol. The molecule has 1 saturated heterocycles. The summed E-state index contributed by atoms with van der Waals surface area (Å²) in [5.74, 6) is -0.445. The number of aryl methyl sites for hydroxylation is 1. The molecule has 144 valence electrons. The Morgan fingerprint density at radius 1 is 1.29 bits per heavy atom. The highest BCUT2D eigenvalue weighted by Gasteiger charge is 2.34. The molecule has 2 amide bonds. The van der Waals surface area contributed by atoms with Crippen molar-refractivity contribution >= 4 is 40.0 Å². The Bertz CT molecular complexity index is 1040. The van der Waals surface area contributed by atoms with Crippen LogP contribution in [0.15, 0.2) is 48.7 Å². The van der Waals surface area contributed by atoms with Gasteiger partial charge >= 0.3 is 0 Å². The summed E-state index contributed by atoms with van der Waals surface area (Å²) in [6.45, 7) is 3.14. The number of carbonyl (C=O) groups excluding carboxylic acids is 2. The molecule has 2 N–H and O–H groups in total. The number of nitrogens with zero attached hydrogens (tertiary/aromatic N) is 1. The van der Waals surface area contributed by atoms with Gasteiger partial charge in [-0.2, -0.15) is 0 Å². The molecule has 0 spiro atoms. The van der Waals surface area contributed by atoms with E-state index in [2.05, 4.69) is 35.4 Å². The first-order chi connectivity index (χ1) is 13.5. The topological polar surface area (TPSA) is 65.2 Å². The molecule has 1 atom stereocenters. The number of H-pyrrole nitrogens is 1. The predicted molar refractivity (Wildman–Crippen MR) is 112 cm³/mol. The Kier molecular flexibility index (Phi) is 5.09. The Balaban J connectivity index is 1.38. The smallest absolute Gasteiger partial charge is 0.229 e. The maximum atomic E-state index is 12.5. The van der Waals surface area contributed by atoms with Crippen LogP contribution in [0.2, 0.25) is 5.02 Å². The number of benzene rings is 2. The molecule has 1 aromatic heterocycles. The second-order valence-electron chi connectivity index (χ2n) is 7.35. The van der Waals surface area contributed by atoms with Crippen LogP contribution in [-0.2, 0) is 16.0 Å². The highest BCUT2D eigenvalue weighted by atomic mass is 35.5. The van der Waals surface area contributed by atoms with Crippen molar-refractivity contribution in [3.63, 3.8) is 0 Å². The van der Waals surface area contributed by atoms with Gasteiger partial charge in [-0.15, -0.1) is 0 Å². The number of fused-ring (bicyclic) bond motifs is 1. The Labute approximate surface area is 168 Å². The van der Waals surface area contributed by atoms with E-state index in [1.807, 2.05) is 6.20 Å². The van der Waals surface area contributed by atoms with Crippen LogP contribution in [0.1, 0.15) is 17.5 Å². The van der Waals surface area contributed by atoms with Gasteiger partial charge in [0.2, 0.25) is 11.8 Å². The molecule has 0 radical (unpaired) electrons. The van der Waals surface area contributed by atoms with Crippen molar-refractivity contribution in [3.05, 3.63) is 64.8 Å². The molecule has 1 aliphatic heterocycles. The largest absolute Gasteiger partial charge is 0.361 e. The second-order valence-corrected chi connectivity index (χ2v) is 7.79. The maximum Gasteiger partial charge on any atom is 0.229 e. The summed E-state index contributed by atoms with van der Waals surface area (Å²) >= 11 is 5.96. The van der Waals surface area contributed by atoms with Gasteiger partial charge in [-0.25, -0.2) is 0 Å². The number of hydrogen-bond acceptors (Lipinski definition) is 2. The van der Waals surface area contributed by atoms with Crippen LogP contribution in [0.3, 0.4) is 0 Å². The van der Waals surface area contributed by atoms with E-state index in [0.29, 0.717) is 23.8 Å². The van der Waals surface area contributed by atoms with Gasteiger partial charge in [-0.3, -0.25) is 9.59 Å². The zero-order chi connectivity index (χ0) is 19.7. The molecule has 2 aromatic carbocycles. The number of aromatic amines is 1. The van der Waals surface area contributed by atoms with Gasteiger partial charge in [0.05, 0.1) is 5.92 Å². The van der Waals surface area contributed by atoms with E-state index in [1.165, 1.54) is 16.5 Å². The van der Waals surface area contributed by atoms with Gasteiger partial charge in [-0.1, -0.05) is 29.3 Å². The fourth-order valence-corrected chi connectivity index (χ4v) is 3.92. The van der Waals surface area contributed by atoms with E-state index in [4.69, 9.17) is 11.6 Å². The Morgan fingerprint density at radius 3 is 2.96 bits per heavy atom. The van der Waals surface area contributed by atoms with E-state index in [0.717, 1.165) is 11.9 Å². The quantitative estimate of drug-likeness (QED) is 0.681. The minimum atomic E-state index is -0.336. The molecule has 3 aromatic rings. The molecule has 0 saturated carbocycles. The third-order valence-electron chi connectivity index (χ3n) is 5.25. The lowest BCUT2D eigenvalue weighted by Gasteiger charge is -2.16. The normalized spacial score (nSPS) is 16.7. The SMILES string of the molecule is Cc1ccc2[nH]cc(CCN3C[C@H](C(=O)Nc4cccc(Cl)c4)CC3=O)c2c1. The van der Waals surface area contributed by atoms with Crippen molar-refractivity contribution in [2.24, 2.45) is 5.92 Å². The van der Waals surface area contributed by atoms with E-state index < -0.39 is 0 Å². The molecular formula is C22H22ClN3O2. The molecule has 0 bridgehead atoms. The first-order valence-corrected chi connectivity index (χ1v) is 9.78. The van der Waals surface area contributed by atoms with E-state index in [-0.39, 0.29) is 24.2 Å². The molecule has 28 heavy (non-hydrogen) atoms. The second kappa shape index (κ2) is 7.68. The molecule has 1 aliphatic rings. The average Bonchev–Trinajstić information content (AvgIpc) is 3.23. The highest BCUT2D eigenvalue weighted by molar-refractivity contribution is 6.30. The van der Waals surface area contributed by atoms with Crippen LogP contribution in [0.25, 0.3) is 10.9 Å². The molecular weight excluding hydrogens is 374 g/mol. The third-order valence-corrected chi connectivity index (χ3v) is 5.49. The van der Waals surface area contributed by atoms with Crippen molar-refractivity contribution in [1.82, 2.24) is 9.88 Å². The zero-order valence-corrected chi connectivity index (χ0v) is 16.4. The third kappa shape index (κ3) is 3.90. The number of carbonyl (C=O) groups is 2. The fourth-order valence-electron chi connectivity index (χ4n) is 3.73. The van der Waals surface area contributed by atoms with Crippen molar-refractivity contribution in [2.45, 2.75) is 19.8 Å². The lowest BCUT2D eigenvalue weighted by Crippen LogP contribution is -2.30. The molecule has 1 fully saturated rings. The summed E-state index contributed by atoms with van der Waals surface area (Å²) < 4.78 is 0. The number of aromatic nitrogens is 1. The standard InChI is InChI=1S/C22H22ClN3O2/c1-14-5-6-20-19(9-14)15(12-24-20)7-8-26-13-16(10-21(26)27)22(28)25-18-4-2-3-17(23)11-18/h2-6,9,11-12,16,24H,7-8,10,13H2,1H3,(H,25,28)/t16-/m1/s1. The summed E-state index contributed by atoms with van der Waals surface area (Å²) in [5.41, 5.74) is 4.16. The van der Waals surface area contributed by atoms with Crippen molar-refractivity contribution in [1.29, 1.82) is 0 Å². The van der Waals surface area contributed by atoms with Crippen LogP contribution < -0.4 is 5.32 Å². The fraction of sp³-hybridized carbons (Fsp3) is 0.273. The number of halogens is 1. The van der Waals surface area contributed by atoms with Gasteiger partial charge in [0.25, 0.3) is 0 Å². The highest BCUT2D eigenvalue weighted by Crippen LogP contribution is 2.24. The number of hydrogen-bond donors (Lipinski definition) is 2. The number of likely N-dealkylation sites (tertiary alicyclic amines) is 1. The molecule has 4 rings (SSSR count). The van der Waals surface area contributed by atoms with Gasteiger partial charge < -0.3 is 15.2 Å². The van der Waals surface area contributed by atoms with Gasteiger partial charge in [0, 0.05) is 47.3 Å². The number of nitrogens with one attached hydrogen (secondary N) is 2. The molecule has 2 heterocycles. The molecule has 0 unspecified atom stereocenters. The first kappa shape index (κ1) is 18.6. The number of anilines is 1. The number of rotatable bonds is 5. The van der Waals surface area contributed by atoms with Crippen LogP contribution >= 0.6 is 11.6 Å². The molecule has 6 heteroatoms. The van der Waals surface area contributed by atoms with E-state index in [1.54, 1.807) is 29.2 Å². The van der Waals surface area contributed by atoms with Crippen molar-refractivity contribution in [3.8, 4) is 0 Å². The van der Waals surface area contributed by atoms with Crippen molar-refractivity contribution in [2.75, 3.05) is 18.4 Å². The monoisotopic (exact) mass is 395 g/mol. The minimum absolute atomic E-state index is 0.0299. The minimum Gasteiger partial charge on any atom is -0.361 e. The van der Waals surface area contributed by atoms with Crippen LogP contribution in [0.4, 0.5) is 5.69 Å². The summed E-state index contributed by atoms with van der Waals surface area (Å²) in [6, 6.07) is 13.3. The Morgan fingerprint density at radius 2 is 2.14 bits per heavy atom. The van der Waals surface area contributed by atoms with E-state index >= 15 is 0 Å². The molecule has 0 aliphatic carbocycles.